The third-order valence-corrected chi connectivity index (χ3v) is 3.90. The van der Waals surface area contributed by atoms with E-state index in [1.807, 2.05) is 0 Å². The summed E-state index contributed by atoms with van der Waals surface area (Å²) in [5, 5.41) is 3.15. The molecule has 1 amide bonds. The van der Waals surface area contributed by atoms with Crippen molar-refractivity contribution >= 4 is 17.5 Å². The van der Waals surface area contributed by atoms with Crippen LogP contribution in [0.1, 0.15) is 28.0 Å². The van der Waals surface area contributed by atoms with Gasteiger partial charge in [-0.2, -0.15) is 0 Å². The molecular formula is C17H17ClN2O4. The number of aromatic nitrogens is 1. The fraction of sp³-hybridized carbons (Fsp3) is 0.294. The van der Waals surface area contributed by atoms with Gasteiger partial charge >= 0.3 is 0 Å². The number of H-pyrrole nitrogens is 1. The molecule has 3 rings (SSSR count). The number of nitrogens with one attached hydrogen (secondary N) is 2. The standard InChI is InChI=1S/C17H17ClN2O4/c1-10-3-4-12(17(22)20-10)16(21)19-9-11-7-13(18)15-14(8-11)23-5-2-6-24-15/h3-4,7-8H,2,5-6,9H2,1H3,(H,19,21)(H,20,22). The van der Waals surface area contributed by atoms with Gasteiger partial charge in [-0.25, -0.2) is 0 Å². The van der Waals surface area contributed by atoms with Crippen LogP contribution < -0.4 is 20.3 Å². The van der Waals surface area contributed by atoms with Crippen molar-refractivity contribution in [1.82, 2.24) is 10.3 Å². The van der Waals surface area contributed by atoms with E-state index in [0.29, 0.717) is 35.4 Å². The third kappa shape index (κ3) is 3.54. The lowest BCUT2D eigenvalue weighted by Gasteiger charge is -2.12. The van der Waals surface area contributed by atoms with Crippen molar-refractivity contribution in [3.8, 4) is 11.5 Å². The van der Waals surface area contributed by atoms with Crippen molar-refractivity contribution in [3.63, 3.8) is 0 Å². The largest absolute Gasteiger partial charge is 0.489 e. The molecule has 0 aliphatic carbocycles. The number of carbonyl (C=O) groups excluding carboxylic acids is 1. The molecule has 0 bridgehead atoms. The highest BCUT2D eigenvalue weighted by molar-refractivity contribution is 6.32. The van der Waals surface area contributed by atoms with Crippen molar-refractivity contribution in [2.75, 3.05) is 13.2 Å². The number of ether oxygens (including phenoxy) is 2. The molecule has 0 saturated carbocycles. The maximum Gasteiger partial charge on any atom is 0.260 e. The monoisotopic (exact) mass is 348 g/mol. The number of amides is 1. The minimum Gasteiger partial charge on any atom is -0.489 e. The third-order valence-electron chi connectivity index (χ3n) is 3.61. The van der Waals surface area contributed by atoms with E-state index in [2.05, 4.69) is 10.3 Å². The van der Waals surface area contributed by atoms with Gasteiger partial charge in [0.25, 0.3) is 11.5 Å². The summed E-state index contributed by atoms with van der Waals surface area (Å²) in [7, 11) is 0. The van der Waals surface area contributed by atoms with E-state index in [1.54, 1.807) is 25.1 Å². The predicted octanol–water partition coefficient (Wildman–Crippen LogP) is 2.43. The summed E-state index contributed by atoms with van der Waals surface area (Å²) in [6.45, 7) is 3.09. The summed E-state index contributed by atoms with van der Waals surface area (Å²) in [5.74, 6) is 0.649. The second kappa shape index (κ2) is 6.97. The maximum atomic E-state index is 12.2. The van der Waals surface area contributed by atoms with Gasteiger partial charge in [0.15, 0.2) is 11.5 Å². The van der Waals surface area contributed by atoms with Gasteiger partial charge in [0.2, 0.25) is 0 Å². The van der Waals surface area contributed by atoms with Gasteiger partial charge in [-0.3, -0.25) is 9.59 Å². The van der Waals surface area contributed by atoms with Crippen LogP contribution in [0.4, 0.5) is 0 Å². The summed E-state index contributed by atoms with van der Waals surface area (Å²) in [5.41, 5.74) is 1.12. The first kappa shape index (κ1) is 16.4. The number of fused-ring (bicyclic) bond motifs is 1. The number of benzene rings is 1. The van der Waals surface area contributed by atoms with E-state index in [4.69, 9.17) is 21.1 Å². The predicted molar refractivity (Wildman–Crippen MR) is 90.0 cm³/mol. The van der Waals surface area contributed by atoms with Crippen LogP contribution >= 0.6 is 11.6 Å². The molecule has 0 fully saturated rings. The first-order valence-corrected chi connectivity index (χ1v) is 7.98. The van der Waals surface area contributed by atoms with Crippen molar-refractivity contribution in [2.24, 2.45) is 0 Å². The molecule has 0 unspecified atom stereocenters. The molecule has 1 aromatic carbocycles. The van der Waals surface area contributed by atoms with E-state index in [-0.39, 0.29) is 12.1 Å². The first-order chi connectivity index (χ1) is 11.5. The van der Waals surface area contributed by atoms with Crippen LogP contribution in [0.2, 0.25) is 5.02 Å². The van der Waals surface area contributed by atoms with Crippen molar-refractivity contribution in [1.29, 1.82) is 0 Å². The molecule has 7 heteroatoms. The maximum absolute atomic E-state index is 12.2. The molecule has 6 nitrogen and oxygen atoms in total. The number of carbonyl (C=O) groups is 1. The van der Waals surface area contributed by atoms with Crippen LogP contribution in [0.5, 0.6) is 11.5 Å². The molecule has 0 radical (unpaired) electrons. The number of aromatic amines is 1. The SMILES string of the molecule is Cc1ccc(C(=O)NCc2cc(Cl)c3c(c2)OCCCO3)c(=O)[nH]1. The topological polar surface area (TPSA) is 80.4 Å². The average molecular weight is 349 g/mol. The normalized spacial score (nSPS) is 13.2. The minimum atomic E-state index is -0.445. The molecule has 1 aromatic heterocycles. The van der Waals surface area contributed by atoms with E-state index in [1.165, 1.54) is 6.07 Å². The lowest BCUT2D eigenvalue weighted by Crippen LogP contribution is -2.29. The Balaban J connectivity index is 1.75. The van der Waals surface area contributed by atoms with Gasteiger partial charge in [0, 0.05) is 18.7 Å². The second-order valence-electron chi connectivity index (χ2n) is 5.52. The molecule has 1 aliphatic heterocycles. The Labute approximate surface area is 143 Å². The van der Waals surface area contributed by atoms with Crippen LogP contribution in [0.15, 0.2) is 29.1 Å². The van der Waals surface area contributed by atoms with Crippen molar-refractivity contribution < 1.29 is 14.3 Å². The Bertz CT molecular complexity index is 832. The quantitative estimate of drug-likeness (QED) is 0.892. The van der Waals surface area contributed by atoms with Gasteiger partial charge in [0.1, 0.15) is 5.56 Å². The van der Waals surface area contributed by atoms with Gasteiger partial charge in [-0.1, -0.05) is 11.6 Å². The van der Waals surface area contributed by atoms with Crippen LogP contribution in [0.3, 0.4) is 0 Å². The Morgan fingerprint density at radius 3 is 2.88 bits per heavy atom. The Morgan fingerprint density at radius 2 is 2.08 bits per heavy atom. The number of pyridine rings is 1. The van der Waals surface area contributed by atoms with Gasteiger partial charge in [-0.15, -0.1) is 0 Å². The zero-order valence-electron chi connectivity index (χ0n) is 13.1. The lowest BCUT2D eigenvalue weighted by atomic mass is 10.2. The molecule has 2 heterocycles. The van der Waals surface area contributed by atoms with E-state index in [0.717, 1.165) is 12.0 Å². The molecule has 126 valence electrons. The number of hydrogen-bond donors (Lipinski definition) is 2. The molecule has 24 heavy (non-hydrogen) atoms. The number of halogens is 1. The highest BCUT2D eigenvalue weighted by Crippen LogP contribution is 2.37. The Hall–Kier alpha value is -2.47. The zero-order chi connectivity index (χ0) is 17.1. The summed E-state index contributed by atoms with van der Waals surface area (Å²) >= 11 is 6.22. The fourth-order valence-electron chi connectivity index (χ4n) is 2.41. The van der Waals surface area contributed by atoms with Gasteiger partial charge in [0.05, 0.1) is 18.2 Å². The lowest BCUT2D eigenvalue weighted by molar-refractivity contribution is 0.0949. The van der Waals surface area contributed by atoms with Crippen molar-refractivity contribution in [3.05, 3.63) is 56.5 Å². The molecule has 0 spiro atoms. The number of aryl methyl sites for hydroxylation is 1. The van der Waals surface area contributed by atoms with E-state index in [9.17, 15) is 9.59 Å². The zero-order valence-corrected chi connectivity index (χ0v) is 13.9. The van der Waals surface area contributed by atoms with Gasteiger partial charge < -0.3 is 19.8 Å². The van der Waals surface area contributed by atoms with Crippen LogP contribution in [-0.2, 0) is 6.54 Å². The summed E-state index contributed by atoms with van der Waals surface area (Å²) in [6, 6.07) is 6.69. The van der Waals surface area contributed by atoms with Crippen molar-refractivity contribution in [2.45, 2.75) is 19.9 Å². The Morgan fingerprint density at radius 1 is 1.29 bits per heavy atom. The molecule has 2 aromatic rings. The summed E-state index contributed by atoms with van der Waals surface area (Å²) in [6.07, 6.45) is 0.785. The highest BCUT2D eigenvalue weighted by Gasteiger charge is 2.16. The van der Waals surface area contributed by atoms with Crippen LogP contribution in [0, 0.1) is 6.92 Å². The Kier molecular flexibility index (Phi) is 4.76. The highest BCUT2D eigenvalue weighted by atomic mass is 35.5. The molecular weight excluding hydrogens is 332 g/mol. The fourth-order valence-corrected chi connectivity index (χ4v) is 2.70. The smallest absolute Gasteiger partial charge is 0.260 e. The van der Waals surface area contributed by atoms with Crippen LogP contribution in [0.25, 0.3) is 0 Å². The minimum absolute atomic E-state index is 0.0704. The molecule has 1 aliphatic rings. The number of hydrogen-bond acceptors (Lipinski definition) is 4. The number of rotatable bonds is 3. The summed E-state index contributed by atoms with van der Waals surface area (Å²) in [4.78, 5) is 26.6. The molecule has 0 atom stereocenters. The first-order valence-electron chi connectivity index (χ1n) is 7.61. The summed E-state index contributed by atoms with van der Waals surface area (Å²) < 4.78 is 11.2. The van der Waals surface area contributed by atoms with Crippen LogP contribution in [-0.4, -0.2) is 24.1 Å². The van der Waals surface area contributed by atoms with Gasteiger partial charge in [-0.05, 0) is 36.8 Å². The molecule has 0 saturated heterocycles. The average Bonchev–Trinajstić information content (AvgIpc) is 2.78. The van der Waals surface area contributed by atoms with E-state index < -0.39 is 11.5 Å². The second-order valence-corrected chi connectivity index (χ2v) is 5.93. The molecule has 2 N–H and O–H groups in total. The van der Waals surface area contributed by atoms with E-state index >= 15 is 0 Å².